The van der Waals surface area contributed by atoms with Crippen molar-refractivity contribution in [1.29, 1.82) is 0 Å². The van der Waals surface area contributed by atoms with E-state index in [0.717, 1.165) is 24.8 Å². The molecule has 1 saturated heterocycles. The number of piperidine rings is 1. The molecule has 1 aromatic carbocycles. The molecule has 0 bridgehead atoms. The number of pyridine rings is 1. The average Bonchev–Trinajstić information content (AvgIpc) is 2.73. The lowest BCUT2D eigenvalue weighted by Crippen LogP contribution is -2.41. The molecule has 2 aromatic rings. The fraction of sp³-hybridized carbons (Fsp3) is 0.458. The fourth-order valence-electron chi connectivity index (χ4n) is 3.82. The minimum Gasteiger partial charge on any atom is -0.443 e. The van der Waals surface area contributed by atoms with E-state index in [2.05, 4.69) is 4.98 Å². The first kappa shape index (κ1) is 21.8. The van der Waals surface area contributed by atoms with Crippen molar-refractivity contribution in [2.75, 3.05) is 18.0 Å². The lowest BCUT2D eigenvalue weighted by atomic mass is 9.94. The molecule has 160 valence electrons. The van der Waals surface area contributed by atoms with Gasteiger partial charge in [0.15, 0.2) is 0 Å². The van der Waals surface area contributed by atoms with Crippen LogP contribution in [0.15, 0.2) is 48.7 Å². The normalized spacial score (nSPS) is 16.8. The second kappa shape index (κ2) is 9.28. The number of rotatable bonds is 4. The van der Waals surface area contributed by atoms with Crippen molar-refractivity contribution in [2.45, 2.75) is 58.6 Å². The topological polar surface area (TPSA) is 62.7 Å². The molecule has 6 heteroatoms. The second-order valence-corrected chi connectivity index (χ2v) is 8.52. The van der Waals surface area contributed by atoms with E-state index in [1.54, 1.807) is 11.1 Å². The molecule has 6 nitrogen and oxygen atoms in total. The monoisotopic (exact) mass is 409 g/mol. The summed E-state index contributed by atoms with van der Waals surface area (Å²) >= 11 is 0. The van der Waals surface area contributed by atoms with Crippen molar-refractivity contribution in [1.82, 2.24) is 9.88 Å². The van der Waals surface area contributed by atoms with Gasteiger partial charge in [0.05, 0.1) is 6.04 Å². The summed E-state index contributed by atoms with van der Waals surface area (Å²) in [7, 11) is 0. The van der Waals surface area contributed by atoms with E-state index in [4.69, 9.17) is 4.74 Å². The average molecular weight is 410 g/mol. The Kier molecular flexibility index (Phi) is 6.75. The summed E-state index contributed by atoms with van der Waals surface area (Å²) < 4.78 is 5.60. The highest BCUT2D eigenvalue weighted by atomic mass is 16.6. The number of ether oxygens (including phenoxy) is 1. The summed E-state index contributed by atoms with van der Waals surface area (Å²) in [5.74, 6) is 0.572. The van der Waals surface area contributed by atoms with Crippen molar-refractivity contribution in [3.63, 3.8) is 0 Å². The van der Waals surface area contributed by atoms with Crippen LogP contribution in [0.2, 0.25) is 0 Å². The molecule has 0 radical (unpaired) electrons. The SMILES string of the molecule is CCN(C(=O)OC(C)(C)C)c1ncccc1[C@H]1CCCCN1C(=O)c1ccccc1. The largest absolute Gasteiger partial charge is 0.443 e. The van der Waals surface area contributed by atoms with Crippen LogP contribution in [0.5, 0.6) is 0 Å². The third kappa shape index (κ3) is 4.99. The molecule has 0 saturated carbocycles. The summed E-state index contributed by atoms with van der Waals surface area (Å²) in [6, 6.07) is 13.1. The number of carbonyl (C=O) groups is 2. The van der Waals surface area contributed by atoms with Gasteiger partial charge in [-0.3, -0.25) is 9.69 Å². The van der Waals surface area contributed by atoms with Gasteiger partial charge >= 0.3 is 6.09 Å². The highest BCUT2D eigenvalue weighted by Gasteiger charge is 2.33. The number of hydrogen-bond acceptors (Lipinski definition) is 4. The fourth-order valence-corrected chi connectivity index (χ4v) is 3.82. The first-order valence-electron chi connectivity index (χ1n) is 10.6. The predicted octanol–water partition coefficient (Wildman–Crippen LogP) is 5.21. The van der Waals surface area contributed by atoms with Gasteiger partial charge in [-0.25, -0.2) is 9.78 Å². The first-order chi connectivity index (χ1) is 14.3. The Balaban J connectivity index is 1.96. The summed E-state index contributed by atoms with van der Waals surface area (Å²) in [5, 5.41) is 0. The smallest absolute Gasteiger partial charge is 0.415 e. The summed E-state index contributed by atoms with van der Waals surface area (Å²) in [6.07, 6.45) is 4.08. The lowest BCUT2D eigenvalue weighted by Gasteiger charge is -2.38. The molecule has 2 heterocycles. The zero-order valence-electron chi connectivity index (χ0n) is 18.3. The van der Waals surface area contributed by atoms with E-state index in [1.807, 2.05) is 75.1 Å². The van der Waals surface area contributed by atoms with Crippen LogP contribution < -0.4 is 4.90 Å². The van der Waals surface area contributed by atoms with Crippen LogP contribution in [0.3, 0.4) is 0 Å². The van der Waals surface area contributed by atoms with Gasteiger partial charge < -0.3 is 9.64 Å². The molecular weight excluding hydrogens is 378 g/mol. The summed E-state index contributed by atoms with van der Waals surface area (Å²) in [6.45, 7) is 8.55. The van der Waals surface area contributed by atoms with Crippen LogP contribution in [0.25, 0.3) is 0 Å². The molecule has 1 fully saturated rings. The first-order valence-corrected chi connectivity index (χ1v) is 10.6. The minimum absolute atomic E-state index is 0.00965. The zero-order chi connectivity index (χ0) is 21.7. The van der Waals surface area contributed by atoms with Gasteiger partial charge in [-0.2, -0.15) is 0 Å². The van der Waals surface area contributed by atoms with Gasteiger partial charge in [-0.05, 0) is 65.2 Å². The van der Waals surface area contributed by atoms with Crippen molar-refractivity contribution < 1.29 is 14.3 Å². The zero-order valence-corrected chi connectivity index (χ0v) is 18.3. The van der Waals surface area contributed by atoms with Gasteiger partial charge in [-0.1, -0.05) is 24.3 Å². The maximum atomic E-state index is 13.3. The number of amides is 2. The van der Waals surface area contributed by atoms with Crippen LogP contribution in [-0.4, -0.2) is 40.6 Å². The Morgan fingerprint density at radius 3 is 2.53 bits per heavy atom. The standard InChI is InChI=1S/C24H31N3O3/c1-5-26(23(29)30-24(2,3)4)21-19(14-11-16-25-21)20-15-9-10-17-27(20)22(28)18-12-7-6-8-13-18/h6-8,11-14,16,20H,5,9-10,15,17H2,1-4H3/t20-/m1/s1. The van der Waals surface area contributed by atoms with Crippen molar-refractivity contribution in [2.24, 2.45) is 0 Å². The molecule has 2 amide bonds. The third-order valence-corrected chi connectivity index (χ3v) is 5.15. The maximum Gasteiger partial charge on any atom is 0.415 e. The number of nitrogens with zero attached hydrogens (tertiary/aromatic N) is 3. The second-order valence-electron chi connectivity index (χ2n) is 8.52. The Labute approximate surface area is 178 Å². The van der Waals surface area contributed by atoms with E-state index in [0.29, 0.717) is 24.5 Å². The molecule has 30 heavy (non-hydrogen) atoms. The Bertz CT molecular complexity index is 877. The number of aromatic nitrogens is 1. The van der Waals surface area contributed by atoms with Crippen molar-refractivity contribution in [3.05, 3.63) is 59.8 Å². The van der Waals surface area contributed by atoms with E-state index in [9.17, 15) is 9.59 Å². The van der Waals surface area contributed by atoms with Crippen molar-refractivity contribution in [3.8, 4) is 0 Å². The molecule has 0 N–H and O–H groups in total. The molecule has 1 atom stereocenters. The minimum atomic E-state index is -0.598. The number of hydrogen-bond donors (Lipinski definition) is 0. The highest BCUT2D eigenvalue weighted by Crippen LogP contribution is 2.36. The van der Waals surface area contributed by atoms with E-state index >= 15 is 0 Å². The molecule has 3 rings (SSSR count). The molecule has 1 aliphatic heterocycles. The molecular formula is C24H31N3O3. The Hall–Kier alpha value is -2.89. The van der Waals surface area contributed by atoms with Gasteiger partial charge in [-0.15, -0.1) is 0 Å². The van der Waals surface area contributed by atoms with Crippen LogP contribution in [0.4, 0.5) is 10.6 Å². The third-order valence-electron chi connectivity index (χ3n) is 5.15. The van der Waals surface area contributed by atoms with Gasteiger partial charge in [0.2, 0.25) is 0 Å². The van der Waals surface area contributed by atoms with Crippen LogP contribution >= 0.6 is 0 Å². The van der Waals surface area contributed by atoms with Gasteiger partial charge in [0.25, 0.3) is 5.91 Å². The van der Waals surface area contributed by atoms with Crippen LogP contribution in [0, 0.1) is 0 Å². The predicted molar refractivity (Wildman–Crippen MR) is 118 cm³/mol. The number of likely N-dealkylation sites (tertiary alicyclic amines) is 1. The van der Waals surface area contributed by atoms with Gasteiger partial charge in [0.1, 0.15) is 11.4 Å². The lowest BCUT2D eigenvalue weighted by molar-refractivity contribution is 0.0579. The van der Waals surface area contributed by atoms with E-state index in [1.165, 1.54) is 0 Å². The van der Waals surface area contributed by atoms with E-state index < -0.39 is 11.7 Å². The van der Waals surface area contributed by atoms with Crippen LogP contribution in [-0.2, 0) is 4.74 Å². The molecule has 1 aliphatic rings. The maximum absolute atomic E-state index is 13.3. The molecule has 0 unspecified atom stereocenters. The summed E-state index contributed by atoms with van der Waals surface area (Å²) in [5.41, 5.74) is 0.961. The molecule has 0 spiro atoms. The Morgan fingerprint density at radius 2 is 1.87 bits per heavy atom. The van der Waals surface area contributed by atoms with E-state index in [-0.39, 0.29) is 11.9 Å². The summed E-state index contributed by atoms with van der Waals surface area (Å²) in [4.78, 5) is 34.1. The van der Waals surface area contributed by atoms with Gasteiger partial charge in [0, 0.05) is 30.4 Å². The highest BCUT2D eigenvalue weighted by molar-refractivity contribution is 5.95. The number of benzene rings is 1. The molecule has 1 aromatic heterocycles. The number of anilines is 1. The van der Waals surface area contributed by atoms with Crippen molar-refractivity contribution >= 4 is 17.8 Å². The Morgan fingerprint density at radius 1 is 1.13 bits per heavy atom. The number of carbonyl (C=O) groups excluding carboxylic acids is 2. The molecule has 0 aliphatic carbocycles. The van der Waals surface area contributed by atoms with Crippen LogP contribution in [0.1, 0.15) is 68.9 Å². The quantitative estimate of drug-likeness (QED) is 0.695.